The van der Waals surface area contributed by atoms with Crippen LogP contribution in [0, 0.1) is 5.92 Å². The Hall–Kier alpha value is -1.81. The smallest absolute Gasteiger partial charge is 0.246 e. The molecule has 1 heterocycles. The molecule has 1 fully saturated rings. The van der Waals surface area contributed by atoms with Gasteiger partial charge in [-0.15, -0.1) is 0 Å². The summed E-state index contributed by atoms with van der Waals surface area (Å²) in [4.78, 5) is 25.3. The highest BCUT2D eigenvalue weighted by molar-refractivity contribution is 6.32. The Kier molecular flexibility index (Phi) is 5.02. The molecule has 1 aliphatic rings. The minimum absolute atomic E-state index is 0.115. The van der Waals surface area contributed by atoms with E-state index >= 15 is 0 Å². The molecule has 0 bridgehead atoms. The summed E-state index contributed by atoms with van der Waals surface area (Å²) in [5.41, 5.74) is 6.14. The maximum Gasteiger partial charge on any atom is 0.246 e. The van der Waals surface area contributed by atoms with Gasteiger partial charge in [-0.1, -0.05) is 29.8 Å². The Morgan fingerprint density at radius 2 is 2.05 bits per heavy atom. The Bertz CT molecular complexity index is 571. The van der Waals surface area contributed by atoms with E-state index in [1.54, 1.807) is 17.0 Å². The average molecular weight is 307 g/mol. The Morgan fingerprint density at radius 3 is 2.71 bits per heavy atom. The van der Waals surface area contributed by atoms with E-state index in [0.29, 0.717) is 11.6 Å². The number of piperidine rings is 1. The van der Waals surface area contributed by atoms with Crippen molar-refractivity contribution in [2.45, 2.75) is 25.8 Å². The van der Waals surface area contributed by atoms with Gasteiger partial charge in [0.15, 0.2) is 0 Å². The zero-order valence-electron chi connectivity index (χ0n) is 12.0. The third-order valence-corrected chi connectivity index (χ3v) is 4.22. The summed E-state index contributed by atoms with van der Waals surface area (Å²) in [7, 11) is 0. The number of nitrogens with zero attached hydrogens (tertiary/aromatic N) is 1. The predicted octanol–water partition coefficient (Wildman–Crippen LogP) is 2.47. The van der Waals surface area contributed by atoms with Crippen LogP contribution >= 0.6 is 11.6 Å². The molecule has 0 aromatic heterocycles. The fourth-order valence-corrected chi connectivity index (χ4v) is 2.71. The number of halogens is 1. The number of benzene rings is 1. The molecule has 0 radical (unpaired) electrons. The van der Waals surface area contributed by atoms with E-state index in [9.17, 15) is 9.59 Å². The predicted molar refractivity (Wildman–Crippen MR) is 83.6 cm³/mol. The molecule has 0 unspecified atom stereocenters. The largest absolute Gasteiger partial charge is 0.369 e. The van der Waals surface area contributed by atoms with Crippen molar-refractivity contribution in [3.63, 3.8) is 0 Å². The number of nitrogens with two attached hydrogens (primary N) is 1. The Morgan fingerprint density at radius 1 is 1.33 bits per heavy atom. The maximum absolute atomic E-state index is 12.3. The van der Waals surface area contributed by atoms with Crippen LogP contribution in [0.4, 0.5) is 0 Å². The van der Waals surface area contributed by atoms with Gasteiger partial charge in [0.25, 0.3) is 0 Å². The van der Waals surface area contributed by atoms with Gasteiger partial charge >= 0.3 is 0 Å². The van der Waals surface area contributed by atoms with Crippen molar-refractivity contribution in [2.24, 2.45) is 11.7 Å². The van der Waals surface area contributed by atoms with Gasteiger partial charge in [-0.3, -0.25) is 9.59 Å². The van der Waals surface area contributed by atoms with Crippen molar-refractivity contribution in [3.8, 4) is 0 Å². The highest BCUT2D eigenvalue weighted by Crippen LogP contribution is 2.22. The highest BCUT2D eigenvalue weighted by Gasteiger charge is 2.30. The van der Waals surface area contributed by atoms with Crippen LogP contribution in [0.25, 0.3) is 6.08 Å². The number of primary amides is 1. The van der Waals surface area contributed by atoms with Crippen LogP contribution in [-0.2, 0) is 9.59 Å². The zero-order valence-corrected chi connectivity index (χ0v) is 12.7. The molecule has 1 aromatic carbocycles. The summed E-state index contributed by atoms with van der Waals surface area (Å²) < 4.78 is 0. The van der Waals surface area contributed by atoms with Crippen molar-refractivity contribution >= 4 is 29.5 Å². The molecule has 0 spiro atoms. The van der Waals surface area contributed by atoms with Crippen LogP contribution in [-0.4, -0.2) is 29.3 Å². The van der Waals surface area contributed by atoms with E-state index in [1.165, 1.54) is 6.08 Å². The first-order valence-electron chi connectivity index (χ1n) is 7.01. The third-order valence-electron chi connectivity index (χ3n) is 3.88. The SMILES string of the molecule is C[C@@H]1CC[C@@H](C(N)=O)CN1C(=O)/C=C\c1ccccc1Cl. The molecule has 0 aliphatic carbocycles. The first-order valence-corrected chi connectivity index (χ1v) is 7.39. The van der Waals surface area contributed by atoms with Crippen molar-refractivity contribution < 1.29 is 9.59 Å². The molecule has 1 aromatic rings. The number of likely N-dealkylation sites (tertiary alicyclic amines) is 1. The molecule has 2 N–H and O–H groups in total. The van der Waals surface area contributed by atoms with Crippen molar-refractivity contribution in [1.29, 1.82) is 0 Å². The molecule has 5 heteroatoms. The monoisotopic (exact) mass is 306 g/mol. The summed E-state index contributed by atoms with van der Waals surface area (Å²) >= 11 is 6.05. The van der Waals surface area contributed by atoms with Gasteiger partial charge < -0.3 is 10.6 Å². The molecule has 2 rings (SSSR count). The fourth-order valence-electron chi connectivity index (χ4n) is 2.51. The summed E-state index contributed by atoms with van der Waals surface area (Å²) in [6.45, 7) is 2.38. The van der Waals surface area contributed by atoms with Crippen LogP contribution < -0.4 is 5.73 Å². The van der Waals surface area contributed by atoms with Gasteiger partial charge in [-0.2, -0.15) is 0 Å². The minimum atomic E-state index is -0.338. The highest BCUT2D eigenvalue weighted by atomic mass is 35.5. The second-order valence-corrected chi connectivity index (χ2v) is 5.78. The molecule has 2 atom stereocenters. The lowest BCUT2D eigenvalue weighted by molar-refractivity contribution is -0.133. The molecule has 112 valence electrons. The van der Waals surface area contributed by atoms with Gasteiger partial charge in [-0.05, 0) is 37.5 Å². The number of carbonyl (C=O) groups excluding carboxylic acids is 2. The topological polar surface area (TPSA) is 63.4 Å². The van der Waals surface area contributed by atoms with Crippen LogP contribution in [0.15, 0.2) is 30.3 Å². The molecule has 2 amide bonds. The van der Waals surface area contributed by atoms with Crippen LogP contribution in [0.1, 0.15) is 25.3 Å². The summed E-state index contributed by atoms with van der Waals surface area (Å²) in [5, 5.41) is 0.600. The Balaban J connectivity index is 2.08. The van der Waals surface area contributed by atoms with Crippen molar-refractivity contribution in [2.75, 3.05) is 6.54 Å². The minimum Gasteiger partial charge on any atom is -0.369 e. The van der Waals surface area contributed by atoms with E-state index in [4.69, 9.17) is 17.3 Å². The lowest BCUT2D eigenvalue weighted by atomic mass is 9.93. The second kappa shape index (κ2) is 6.76. The molecular formula is C16H19ClN2O2. The number of amides is 2. The second-order valence-electron chi connectivity index (χ2n) is 5.37. The van der Waals surface area contributed by atoms with Gasteiger partial charge in [0.05, 0.1) is 5.92 Å². The summed E-state index contributed by atoms with van der Waals surface area (Å²) in [5.74, 6) is -0.706. The van der Waals surface area contributed by atoms with E-state index in [1.807, 2.05) is 25.1 Å². The van der Waals surface area contributed by atoms with E-state index in [0.717, 1.165) is 18.4 Å². The average Bonchev–Trinajstić information content (AvgIpc) is 2.46. The molecular weight excluding hydrogens is 288 g/mol. The number of hydrogen-bond acceptors (Lipinski definition) is 2. The molecule has 1 aliphatic heterocycles. The van der Waals surface area contributed by atoms with Crippen LogP contribution in [0.5, 0.6) is 0 Å². The van der Waals surface area contributed by atoms with Crippen LogP contribution in [0.3, 0.4) is 0 Å². The third kappa shape index (κ3) is 3.85. The standard InChI is InChI=1S/C16H19ClN2O2/c1-11-6-7-13(16(18)21)10-19(11)15(20)9-8-12-4-2-3-5-14(12)17/h2-5,8-9,11,13H,6-7,10H2,1H3,(H2,18,21)/b9-8-/t11-,13-/m1/s1. The lowest BCUT2D eigenvalue weighted by Gasteiger charge is -2.36. The molecule has 1 saturated heterocycles. The molecule has 21 heavy (non-hydrogen) atoms. The lowest BCUT2D eigenvalue weighted by Crippen LogP contribution is -2.48. The first kappa shape index (κ1) is 15.6. The van der Waals surface area contributed by atoms with E-state index in [2.05, 4.69) is 0 Å². The number of rotatable bonds is 3. The number of hydrogen-bond donors (Lipinski definition) is 1. The van der Waals surface area contributed by atoms with Gasteiger partial charge in [0, 0.05) is 23.7 Å². The van der Waals surface area contributed by atoms with E-state index < -0.39 is 0 Å². The molecule has 0 saturated carbocycles. The molecule has 4 nitrogen and oxygen atoms in total. The quantitative estimate of drug-likeness (QED) is 0.872. The van der Waals surface area contributed by atoms with E-state index in [-0.39, 0.29) is 23.8 Å². The maximum atomic E-state index is 12.3. The van der Waals surface area contributed by atoms with Gasteiger partial charge in [0.1, 0.15) is 0 Å². The summed E-state index contributed by atoms with van der Waals surface area (Å²) in [6.07, 6.45) is 4.74. The zero-order chi connectivity index (χ0) is 15.4. The van der Waals surface area contributed by atoms with Gasteiger partial charge in [0.2, 0.25) is 11.8 Å². The fraction of sp³-hybridized carbons (Fsp3) is 0.375. The Labute approximate surface area is 129 Å². The van der Waals surface area contributed by atoms with Crippen molar-refractivity contribution in [3.05, 3.63) is 40.9 Å². The van der Waals surface area contributed by atoms with Crippen LogP contribution in [0.2, 0.25) is 5.02 Å². The van der Waals surface area contributed by atoms with Crippen molar-refractivity contribution in [1.82, 2.24) is 4.90 Å². The summed E-state index contributed by atoms with van der Waals surface area (Å²) in [6, 6.07) is 7.44. The number of carbonyl (C=O) groups is 2. The normalized spacial score (nSPS) is 22.5. The first-order chi connectivity index (χ1) is 9.99. The van der Waals surface area contributed by atoms with Gasteiger partial charge in [-0.25, -0.2) is 0 Å².